The van der Waals surface area contributed by atoms with Crippen LogP contribution in [0.1, 0.15) is 16.7 Å². The van der Waals surface area contributed by atoms with Crippen molar-refractivity contribution >= 4 is 5.69 Å². The molecule has 0 radical (unpaired) electrons. The molecule has 86 valence electrons. The molecule has 1 N–H and O–H groups in total. The van der Waals surface area contributed by atoms with Gasteiger partial charge in [0.15, 0.2) is 0 Å². The van der Waals surface area contributed by atoms with Gasteiger partial charge in [-0.05, 0) is 35.7 Å². The second kappa shape index (κ2) is 4.18. The zero-order valence-electron chi connectivity index (χ0n) is 9.85. The van der Waals surface area contributed by atoms with Gasteiger partial charge in [0.05, 0.1) is 5.69 Å². The third kappa shape index (κ3) is 2.01. The van der Waals surface area contributed by atoms with Gasteiger partial charge in [-0.2, -0.15) is 0 Å². The van der Waals surface area contributed by atoms with Gasteiger partial charge in [0.2, 0.25) is 0 Å². The lowest BCUT2D eigenvalue weighted by Gasteiger charge is -2.17. The van der Waals surface area contributed by atoms with Crippen molar-refractivity contribution in [2.45, 2.75) is 20.0 Å². The Kier molecular flexibility index (Phi) is 2.53. The Morgan fingerprint density at radius 1 is 1.12 bits per heavy atom. The van der Waals surface area contributed by atoms with Gasteiger partial charge in [0.1, 0.15) is 0 Å². The molecule has 17 heavy (non-hydrogen) atoms. The van der Waals surface area contributed by atoms with Crippen molar-refractivity contribution in [3.05, 3.63) is 59.4 Å². The number of hydrogen-bond donors (Lipinski definition) is 1. The lowest BCUT2D eigenvalue weighted by atomic mass is 10.1. The summed E-state index contributed by atoms with van der Waals surface area (Å²) in [6.45, 7) is 4.10. The Hall–Kier alpha value is -1.87. The van der Waals surface area contributed by atoms with Crippen molar-refractivity contribution in [3.8, 4) is 0 Å². The van der Waals surface area contributed by atoms with Crippen LogP contribution in [-0.4, -0.2) is 9.99 Å². The molecular weight excluding hydrogens is 210 g/mol. The van der Waals surface area contributed by atoms with Crippen LogP contribution in [0.15, 0.2) is 42.7 Å². The number of fused-ring (bicyclic) bond motifs is 1. The minimum absolute atomic E-state index is 0.958. The Morgan fingerprint density at radius 2 is 1.94 bits per heavy atom. The molecule has 3 rings (SSSR count). The summed E-state index contributed by atoms with van der Waals surface area (Å²) in [5.74, 6) is 0. The summed E-state index contributed by atoms with van der Waals surface area (Å²) in [7, 11) is 0. The van der Waals surface area contributed by atoms with Gasteiger partial charge < -0.3 is 5.43 Å². The number of aryl methyl sites for hydroxylation is 1. The maximum atomic E-state index is 4.02. The number of hydrazine groups is 1. The van der Waals surface area contributed by atoms with E-state index in [0.29, 0.717) is 0 Å². The fraction of sp³-hybridized carbons (Fsp3) is 0.214. The molecule has 3 heteroatoms. The fourth-order valence-corrected chi connectivity index (χ4v) is 2.28. The first kappa shape index (κ1) is 10.3. The monoisotopic (exact) mass is 225 g/mol. The number of pyridine rings is 1. The van der Waals surface area contributed by atoms with E-state index >= 15 is 0 Å². The molecule has 1 aromatic heterocycles. The molecule has 2 aromatic rings. The van der Waals surface area contributed by atoms with E-state index in [-0.39, 0.29) is 0 Å². The highest BCUT2D eigenvalue weighted by molar-refractivity contribution is 5.42. The predicted octanol–water partition coefficient (Wildman–Crippen LogP) is 2.73. The van der Waals surface area contributed by atoms with Crippen molar-refractivity contribution in [2.24, 2.45) is 0 Å². The molecule has 3 nitrogen and oxygen atoms in total. The number of benzene rings is 1. The molecule has 0 saturated carbocycles. The van der Waals surface area contributed by atoms with Crippen LogP contribution in [-0.2, 0) is 13.1 Å². The van der Waals surface area contributed by atoms with Crippen LogP contribution in [0.4, 0.5) is 5.69 Å². The summed E-state index contributed by atoms with van der Waals surface area (Å²) in [4.78, 5) is 4.02. The van der Waals surface area contributed by atoms with E-state index in [9.17, 15) is 0 Å². The van der Waals surface area contributed by atoms with E-state index < -0.39 is 0 Å². The topological polar surface area (TPSA) is 28.2 Å². The Bertz CT molecular complexity index is 522. The van der Waals surface area contributed by atoms with Crippen LogP contribution >= 0.6 is 0 Å². The van der Waals surface area contributed by atoms with Crippen molar-refractivity contribution in [1.29, 1.82) is 0 Å². The highest BCUT2D eigenvalue weighted by Gasteiger charge is 2.19. The van der Waals surface area contributed by atoms with E-state index in [0.717, 1.165) is 18.8 Å². The number of anilines is 1. The summed E-state index contributed by atoms with van der Waals surface area (Å²) in [5.41, 5.74) is 8.75. The second-order valence-electron chi connectivity index (χ2n) is 4.42. The van der Waals surface area contributed by atoms with Crippen molar-refractivity contribution in [3.63, 3.8) is 0 Å². The molecule has 0 unspecified atom stereocenters. The van der Waals surface area contributed by atoms with Crippen LogP contribution in [0.3, 0.4) is 0 Å². The minimum atomic E-state index is 0.958. The summed E-state index contributed by atoms with van der Waals surface area (Å²) in [5, 5.41) is 2.23. The third-order valence-electron chi connectivity index (χ3n) is 3.18. The Labute approximate surface area is 101 Å². The van der Waals surface area contributed by atoms with Crippen molar-refractivity contribution in [1.82, 2.24) is 9.99 Å². The summed E-state index contributed by atoms with van der Waals surface area (Å²) in [6.07, 6.45) is 3.60. The molecule has 0 bridgehead atoms. The van der Waals surface area contributed by atoms with E-state index in [4.69, 9.17) is 0 Å². The smallest absolute Gasteiger partial charge is 0.0520 e. The highest BCUT2D eigenvalue weighted by Crippen LogP contribution is 2.25. The van der Waals surface area contributed by atoms with Crippen molar-refractivity contribution < 1.29 is 0 Å². The minimum Gasteiger partial charge on any atom is -0.318 e. The Morgan fingerprint density at radius 3 is 2.71 bits per heavy atom. The molecule has 2 heterocycles. The maximum absolute atomic E-state index is 4.02. The van der Waals surface area contributed by atoms with Gasteiger partial charge in [0.25, 0.3) is 0 Å². The van der Waals surface area contributed by atoms with Crippen LogP contribution in [0.2, 0.25) is 0 Å². The largest absolute Gasteiger partial charge is 0.318 e. The van der Waals surface area contributed by atoms with Crippen LogP contribution in [0, 0.1) is 6.92 Å². The number of nitrogens with zero attached hydrogens (tertiary/aromatic N) is 2. The summed E-state index contributed by atoms with van der Waals surface area (Å²) >= 11 is 0. The van der Waals surface area contributed by atoms with Gasteiger partial charge in [-0.1, -0.05) is 18.2 Å². The number of hydrogen-bond acceptors (Lipinski definition) is 3. The molecular formula is C14H15N3. The van der Waals surface area contributed by atoms with Crippen LogP contribution in [0.5, 0.6) is 0 Å². The predicted molar refractivity (Wildman–Crippen MR) is 68.3 cm³/mol. The number of rotatable bonds is 2. The van der Waals surface area contributed by atoms with E-state index in [2.05, 4.69) is 40.5 Å². The van der Waals surface area contributed by atoms with Gasteiger partial charge in [-0.15, -0.1) is 0 Å². The summed E-state index contributed by atoms with van der Waals surface area (Å²) < 4.78 is 0. The molecule has 0 aliphatic carbocycles. The lowest BCUT2D eigenvalue weighted by Crippen LogP contribution is -2.23. The zero-order valence-corrected chi connectivity index (χ0v) is 9.85. The quantitative estimate of drug-likeness (QED) is 0.851. The van der Waals surface area contributed by atoms with Gasteiger partial charge in [-0.25, -0.2) is 5.01 Å². The van der Waals surface area contributed by atoms with Gasteiger partial charge in [0, 0.05) is 25.5 Å². The average Bonchev–Trinajstić information content (AvgIpc) is 2.74. The molecule has 1 aromatic carbocycles. The molecule has 1 aliphatic rings. The third-order valence-corrected chi connectivity index (χ3v) is 3.18. The molecule has 0 atom stereocenters. The van der Waals surface area contributed by atoms with Crippen LogP contribution in [0.25, 0.3) is 0 Å². The van der Waals surface area contributed by atoms with Gasteiger partial charge >= 0.3 is 0 Å². The normalized spacial score (nSPS) is 14.6. The standard InChI is InChI=1S/C14H15N3/c1-11-3-2-4-12-9-17(10-14(11)12)16-13-5-7-15-8-6-13/h2-8H,9-10H2,1H3,(H,15,16). The Balaban J connectivity index is 1.77. The van der Waals surface area contributed by atoms with Gasteiger partial charge in [-0.3, -0.25) is 4.98 Å². The van der Waals surface area contributed by atoms with E-state index in [1.807, 2.05) is 12.1 Å². The summed E-state index contributed by atoms with van der Waals surface area (Å²) in [6, 6.07) is 10.5. The maximum Gasteiger partial charge on any atom is 0.0520 e. The SMILES string of the molecule is Cc1cccc2c1CN(Nc1ccncc1)C2. The second-order valence-corrected chi connectivity index (χ2v) is 4.42. The molecule has 0 spiro atoms. The highest BCUT2D eigenvalue weighted by atomic mass is 15.5. The van der Waals surface area contributed by atoms with Crippen LogP contribution < -0.4 is 5.43 Å². The molecule has 1 aliphatic heterocycles. The fourth-order valence-electron chi connectivity index (χ4n) is 2.28. The first-order chi connectivity index (χ1) is 8.33. The van der Waals surface area contributed by atoms with E-state index in [1.54, 1.807) is 12.4 Å². The van der Waals surface area contributed by atoms with E-state index in [1.165, 1.54) is 16.7 Å². The zero-order chi connectivity index (χ0) is 11.7. The number of nitrogens with one attached hydrogen (secondary N) is 1. The first-order valence-electron chi connectivity index (χ1n) is 5.82. The molecule has 0 saturated heterocycles. The average molecular weight is 225 g/mol. The molecule has 0 fully saturated rings. The van der Waals surface area contributed by atoms with Crippen molar-refractivity contribution in [2.75, 3.05) is 5.43 Å². The molecule has 0 amide bonds. The first-order valence-corrected chi connectivity index (χ1v) is 5.82. The lowest BCUT2D eigenvalue weighted by molar-refractivity contribution is 0.346. The number of aromatic nitrogens is 1.